The van der Waals surface area contributed by atoms with Gasteiger partial charge < -0.3 is 18.9 Å². The molecule has 39 heavy (non-hydrogen) atoms. The summed E-state index contributed by atoms with van der Waals surface area (Å²) < 4.78 is 23.3. The number of ether oxygens (including phenoxy) is 4. The van der Waals surface area contributed by atoms with Gasteiger partial charge in [-0.05, 0) is 42.3 Å². The van der Waals surface area contributed by atoms with Gasteiger partial charge >= 0.3 is 11.9 Å². The minimum atomic E-state index is -0.759. The van der Waals surface area contributed by atoms with Crippen molar-refractivity contribution in [2.75, 3.05) is 13.9 Å². The van der Waals surface area contributed by atoms with Gasteiger partial charge in [0.25, 0.3) is 0 Å². The van der Waals surface area contributed by atoms with Crippen LogP contribution in [-0.4, -0.2) is 42.7 Å². The number of Topliss-reactive ketones (excluding diaryl/α,β-unsaturated/α-hetero) is 1. The molecule has 0 saturated heterocycles. The minimum Gasteiger partial charge on any atom is -0.493 e. The van der Waals surface area contributed by atoms with Crippen LogP contribution in [-0.2, 0) is 19.1 Å². The molecule has 3 rings (SSSR count). The Labute approximate surface area is 244 Å². The van der Waals surface area contributed by atoms with E-state index in [1.807, 2.05) is 55.5 Å². The predicted octanol–water partition coefficient (Wildman–Crippen LogP) is 6.49. The van der Waals surface area contributed by atoms with Gasteiger partial charge in [0.2, 0.25) is 6.79 Å². The average Bonchev–Trinajstić information content (AvgIpc) is 2.90. The van der Waals surface area contributed by atoms with E-state index in [-0.39, 0.29) is 29.5 Å². The molecule has 0 saturated carbocycles. The van der Waals surface area contributed by atoms with Crippen molar-refractivity contribution >= 4 is 49.6 Å². The van der Waals surface area contributed by atoms with E-state index in [1.165, 1.54) is 26.3 Å². The Morgan fingerprint density at radius 2 is 1.46 bits per heavy atom. The van der Waals surface area contributed by atoms with Crippen molar-refractivity contribution in [3.05, 3.63) is 86.6 Å². The first-order chi connectivity index (χ1) is 18.6. The number of hydrogen-bond acceptors (Lipinski definition) is 8. The summed E-state index contributed by atoms with van der Waals surface area (Å²) in [5.41, 5.74) is 1.94. The molecule has 2 atom stereocenters. The van der Waals surface area contributed by atoms with E-state index in [1.54, 1.807) is 6.92 Å². The number of carbonyl (C=O) groups is 3. The zero-order chi connectivity index (χ0) is 28.5. The van der Waals surface area contributed by atoms with Crippen LogP contribution in [0.25, 0.3) is 0 Å². The lowest BCUT2D eigenvalue weighted by atomic mass is 9.87. The van der Waals surface area contributed by atoms with Crippen LogP contribution in [0.1, 0.15) is 54.7 Å². The Morgan fingerprint density at radius 1 is 0.897 bits per heavy atom. The third kappa shape index (κ3) is 8.37. The zero-order valence-corrected chi connectivity index (χ0v) is 25.2. The Balaban J connectivity index is 1.75. The first kappa shape index (κ1) is 30.3. The van der Waals surface area contributed by atoms with Crippen LogP contribution in [0.4, 0.5) is 0 Å². The van der Waals surface area contributed by atoms with Crippen molar-refractivity contribution in [3.63, 3.8) is 0 Å². The fourth-order valence-corrected chi connectivity index (χ4v) is 4.53. The second-order valence-corrected chi connectivity index (χ2v) is 10.7. The number of halogens is 2. The zero-order valence-electron chi connectivity index (χ0n) is 22.0. The molecule has 0 unspecified atom stereocenters. The van der Waals surface area contributed by atoms with Crippen molar-refractivity contribution in [3.8, 4) is 11.5 Å². The van der Waals surface area contributed by atoms with Crippen LogP contribution in [0.2, 0.25) is 0 Å². The van der Waals surface area contributed by atoms with Gasteiger partial charge in [-0.3, -0.25) is 14.4 Å². The predicted molar refractivity (Wildman–Crippen MR) is 152 cm³/mol. The van der Waals surface area contributed by atoms with Gasteiger partial charge in [-0.1, -0.05) is 63.0 Å². The maximum Gasteiger partial charge on any atom is 0.309 e. The Morgan fingerprint density at radius 3 is 1.97 bits per heavy atom. The molecule has 0 bridgehead atoms. The molecule has 8 nitrogen and oxygen atoms in total. The molecular formula is C29H29Br2NO7. The first-order valence-corrected chi connectivity index (χ1v) is 13.7. The third-order valence-corrected chi connectivity index (χ3v) is 7.00. The highest BCUT2D eigenvalue weighted by Gasteiger charge is 2.29. The van der Waals surface area contributed by atoms with Gasteiger partial charge in [0.1, 0.15) is 6.10 Å². The first-order valence-electron chi connectivity index (χ1n) is 12.1. The Hall–Kier alpha value is -3.24. The number of methoxy groups -OCH3 is 1. The van der Waals surface area contributed by atoms with Gasteiger partial charge in [-0.25, -0.2) is 4.98 Å². The molecule has 3 aromatic rings. The van der Waals surface area contributed by atoms with E-state index in [0.717, 1.165) is 20.1 Å². The topological polar surface area (TPSA) is 101 Å². The van der Waals surface area contributed by atoms with Crippen LogP contribution in [0.15, 0.2) is 69.7 Å². The number of nitrogens with zero attached hydrogens (tertiary/aromatic N) is 1. The Kier molecular flexibility index (Phi) is 11.1. The van der Waals surface area contributed by atoms with E-state index in [9.17, 15) is 14.4 Å². The fraction of sp³-hybridized carbons (Fsp3) is 0.310. The summed E-state index contributed by atoms with van der Waals surface area (Å²) in [6.45, 7) is 4.29. The SMILES string of the molecule is COc1ccnc(C(=O)C[C@@H](C)C(=O)O[C@@H](C)C(c2ccc(Br)cc2)c2ccc(Br)cc2)c1OCOC(C)=O. The van der Waals surface area contributed by atoms with Gasteiger partial charge in [0.15, 0.2) is 23.0 Å². The number of carbonyl (C=O) groups excluding carboxylic acids is 3. The van der Waals surface area contributed by atoms with Crippen molar-refractivity contribution in [1.82, 2.24) is 4.98 Å². The van der Waals surface area contributed by atoms with E-state index in [0.29, 0.717) is 0 Å². The van der Waals surface area contributed by atoms with Crippen molar-refractivity contribution < 1.29 is 33.3 Å². The van der Waals surface area contributed by atoms with E-state index in [2.05, 4.69) is 36.8 Å². The van der Waals surface area contributed by atoms with E-state index in [4.69, 9.17) is 18.9 Å². The molecule has 2 aromatic carbocycles. The lowest BCUT2D eigenvalue weighted by Crippen LogP contribution is -2.28. The normalized spacial score (nSPS) is 12.4. The van der Waals surface area contributed by atoms with E-state index >= 15 is 0 Å². The summed E-state index contributed by atoms with van der Waals surface area (Å²) in [6, 6.07) is 17.2. The summed E-state index contributed by atoms with van der Waals surface area (Å²) in [5.74, 6) is -2.20. The maximum absolute atomic E-state index is 13.1. The van der Waals surface area contributed by atoms with Gasteiger partial charge in [-0.15, -0.1) is 0 Å². The van der Waals surface area contributed by atoms with Gasteiger partial charge in [-0.2, -0.15) is 0 Å². The highest BCUT2D eigenvalue weighted by molar-refractivity contribution is 9.10. The summed E-state index contributed by atoms with van der Waals surface area (Å²) in [5, 5.41) is 0. The molecule has 10 heteroatoms. The maximum atomic E-state index is 13.1. The number of aromatic nitrogens is 1. The summed E-state index contributed by atoms with van der Waals surface area (Å²) >= 11 is 6.93. The molecule has 1 heterocycles. The summed E-state index contributed by atoms with van der Waals surface area (Å²) in [4.78, 5) is 41.5. The highest BCUT2D eigenvalue weighted by Crippen LogP contribution is 2.33. The molecule has 206 valence electrons. The third-order valence-electron chi connectivity index (χ3n) is 5.94. The molecule has 0 amide bonds. The number of pyridine rings is 1. The van der Waals surface area contributed by atoms with Crippen LogP contribution < -0.4 is 9.47 Å². The van der Waals surface area contributed by atoms with Gasteiger partial charge in [0, 0.05) is 40.5 Å². The fourth-order valence-electron chi connectivity index (χ4n) is 4.00. The van der Waals surface area contributed by atoms with Crippen LogP contribution in [0.5, 0.6) is 11.5 Å². The molecular weight excluding hydrogens is 634 g/mol. The van der Waals surface area contributed by atoms with Crippen molar-refractivity contribution in [2.45, 2.75) is 39.2 Å². The van der Waals surface area contributed by atoms with Crippen molar-refractivity contribution in [2.24, 2.45) is 5.92 Å². The molecule has 0 N–H and O–H groups in total. The molecule has 0 aliphatic heterocycles. The molecule has 0 aliphatic carbocycles. The van der Waals surface area contributed by atoms with Crippen molar-refractivity contribution in [1.29, 1.82) is 0 Å². The summed E-state index contributed by atoms with van der Waals surface area (Å²) in [6.07, 6.45) is 0.711. The highest BCUT2D eigenvalue weighted by atomic mass is 79.9. The quantitative estimate of drug-likeness (QED) is 0.123. The number of ketones is 1. The standard InChI is InChI=1S/C29H29Br2NO7/c1-17(15-24(34)27-28(38-16-37-19(3)33)25(36-4)13-14-32-27)29(35)39-18(2)26(20-5-9-22(30)10-6-20)21-7-11-23(31)12-8-21/h5-14,17-18,26H,15-16H2,1-4H3/t17-,18+/m1/s1. The van der Waals surface area contributed by atoms with Crippen LogP contribution >= 0.6 is 31.9 Å². The molecule has 0 fully saturated rings. The smallest absolute Gasteiger partial charge is 0.309 e. The second-order valence-electron chi connectivity index (χ2n) is 8.84. The number of hydrogen-bond donors (Lipinski definition) is 0. The Bertz CT molecular complexity index is 1250. The second kappa shape index (κ2) is 14.2. The summed E-state index contributed by atoms with van der Waals surface area (Å²) in [7, 11) is 1.41. The average molecular weight is 663 g/mol. The minimum absolute atomic E-state index is 0.0307. The largest absolute Gasteiger partial charge is 0.493 e. The van der Waals surface area contributed by atoms with Gasteiger partial charge in [0.05, 0.1) is 13.0 Å². The number of esters is 2. The lowest BCUT2D eigenvalue weighted by molar-refractivity contribution is -0.153. The molecule has 0 aliphatic rings. The molecule has 1 aromatic heterocycles. The van der Waals surface area contributed by atoms with Crippen LogP contribution in [0, 0.1) is 5.92 Å². The number of benzene rings is 2. The number of rotatable bonds is 12. The van der Waals surface area contributed by atoms with E-state index < -0.39 is 36.5 Å². The van der Waals surface area contributed by atoms with Crippen LogP contribution in [0.3, 0.4) is 0 Å². The molecule has 0 radical (unpaired) electrons. The monoisotopic (exact) mass is 661 g/mol. The lowest BCUT2D eigenvalue weighted by Gasteiger charge is -2.26. The molecule has 0 spiro atoms.